The van der Waals surface area contributed by atoms with Crippen LogP contribution in [0.5, 0.6) is 11.5 Å². The number of methoxy groups -OCH3 is 2. The van der Waals surface area contributed by atoms with Gasteiger partial charge in [-0.15, -0.1) is 0 Å². The molecule has 30 heavy (non-hydrogen) atoms. The van der Waals surface area contributed by atoms with E-state index in [0.29, 0.717) is 36.9 Å². The molecule has 3 rings (SSSR count). The van der Waals surface area contributed by atoms with Gasteiger partial charge in [0.15, 0.2) is 0 Å². The molecule has 1 fully saturated rings. The van der Waals surface area contributed by atoms with Crippen molar-refractivity contribution in [2.24, 2.45) is 11.8 Å². The van der Waals surface area contributed by atoms with Crippen LogP contribution in [0.1, 0.15) is 35.7 Å². The molecule has 0 aromatic heterocycles. The molecule has 0 bridgehead atoms. The Morgan fingerprint density at radius 2 is 1.70 bits per heavy atom. The smallest absolute Gasteiger partial charge is 0.254 e. The Morgan fingerprint density at radius 1 is 1.03 bits per heavy atom. The van der Waals surface area contributed by atoms with E-state index in [1.807, 2.05) is 30.3 Å². The number of nitrogens with one attached hydrogen (secondary N) is 1. The normalized spacial score (nSPS) is 18.4. The lowest BCUT2D eigenvalue weighted by molar-refractivity contribution is -0.125. The molecule has 0 saturated carbocycles. The molecule has 2 aromatic rings. The van der Waals surface area contributed by atoms with Crippen LogP contribution in [0.25, 0.3) is 0 Å². The third kappa shape index (κ3) is 4.93. The van der Waals surface area contributed by atoms with E-state index in [9.17, 15) is 9.59 Å². The zero-order chi connectivity index (χ0) is 21.7. The van der Waals surface area contributed by atoms with Crippen molar-refractivity contribution in [2.75, 3.05) is 33.9 Å². The first kappa shape index (κ1) is 21.7. The molecule has 1 heterocycles. The van der Waals surface area contributed by atoms with Crippen LogP contribution in [0, 0.1) is 11.8 Å². The summed E-state index contributed by atoms with van der Waals surface area (Å²) in [5, 5.41) is 3.04. The van der Waals surface area contributed by atoms with Crippen LogP contribution < -0.4 is 14.8 Å². The van der Waals surface area contributed by atoms with Gasteiger partial charge in [0.2, 0.25) is 5.91 Å². The van der Waals surface area contributed by atoms with Gasteiger partial charge in [-0.25, -0.2) is 0 Å². The number of likely N-dealkylation sites (tertiary alicyclic amines) is 1. The Hall–Kier alpha value is -3.02. The molecule has 2 amide bonds. The third-order valence-electron chi connectivity index (χ3n) is 5.47. The molecule has 0 spiro atoms. The lowest BCUT2D eigenvalue weighted by Gasteiger charge is -2.19. The second kappa shape index (κ2) is 9.65. The maximum Gasteiger partial charge on any atom is 0.254 e. The highest BCUT2D eigenvalue weighted by Gasteiger charge is 2.40. The molecular formula is C24H30N2O4. The van der Waals surface area contributed by atoms with Gasteiger partial charge in [0.05, 0.1) is 20.1 Å². The lowest BCUT2D eigenvalue weighted by atomic mass is 9.88. The van der Waals surface area contributed by atoms with Crippen LogP contribution in [0.3, 0.4) is 0 Å². The summed E-state index contributed by atoms with van der Waals surface area (Å²) in [5.41, 5.74) is 1.56. The van der Waals surface area contributed by atoms with Crippen molar-refractivity contribution >= 4 is 11.8 Å². The first-order chi connectivity index (χ1) is 14.4. The van der Waals surface area contributed by atoms with Crippen LogP contribution >= 0.6 is 0 Å². The fraction of sp³-hybridized carbons (Fsp3) is 0.417. The Balaban J connectivity index is 1.86. The number of carbonyl (C=O) groups is 2. The summed E-state index contributed by atoms with van der Waals surface area (Å²) < 4.78 is 10.6. The minimum absolute atomic E-state index is 0.0162. The molecule has 0 aliphatic carbocycles. The van der Waals surface area contributed by atoms with Crippen LogP contribution in [-0.2, 0) is 4.79 Å². The number of amides is 2. The summed E-state index contributed by atoms with van der Waals surface area (Å²) in [5.74, 6) is 1.22. The molecule has 6 nitrogen and oxygen atoms in total. The van der Waals surface area contributed by atoms with Crippen molar-refractivity contribution in [1.82, 2.24) is 10.2 Å². The van der Waals surface area contributed by atoms with E-state index in [4.69, 9.17) is 9.47 Å². The summed E-state index contributed by atoms with van der Waals surface area (Å²) in [7, 11) is 3.20. The van der Waals surface area contributed by atoms with Crippen molar-refractivity contribution in [3.63, 3.8) is 0 Å². The summed E-state index contributed by atoms with van der Waals surface area (Å²) in [6.07, 6.45) is 0. The van der Waals surface area contributed by atoms with E-state index in [1.54, 1.807) is 37.3 Å². The van der Waals surface area contributed by atoms with Gasteiger partial charge in [-0.2, -0.15) is 0 Å². The predicted octanol–water partition coefficient (Wildman–Crippen LogP) is 3.33. The summed E-state index contributed by atoms with van der Waals surface area (Å²) >= 11 is 0. The summed E-state index contributed by atoms with van der Waals surface area (Å²) in [4.78, 5) is 27.9. The van der Waals surface area contributed by atoms with E-state index in [2.05, 4.69) is 19.2 Å². The Kier molecular flexibility index (Phi) is 6.98. The maximum atomic E-state index is 13.2. The predicted molar refractivity (Wildman–Crippen MR) is 116 cm³/mol. The molecule has 2 aromatic carbocycles. The monoisotopic (exact) mass is 410 g/mol. The standard InChI is InChI=1S/C24H30N2O4/c1-16(2)13-25-23(27)22-15-26(24(28)18-8-6-10-20(12-18)30-4)14-21(22)17-7-5-9-19(11-17)29-3/h5-12,16,21-22H,13-15H2,1-4H3,(H,25,27). The van der Waals surface area contributed by atoms with Gasteiger partial charge >= 0.3 is 0 Å². The lowest BCUT2D eigenvalue weighted by Crippen LogP contribution is -2.37. The summed E-state index contributed by atoms with van der Waals surface area (Å²) in [6, 6.07) is 14.9. The van der Waals surface area contributed by atoms with E-state index in [0.717, 1.165) is 11.3 Å². The van der Waals surface area contributed by atoms with Gasteiger partial charge in [0, 0.05) is 31.1 Å². The molecule has 1 aliphatic heterocycles. The Bertz CT molecular complexity index is 896. The van der Waals surface area contributed by atoms with Gasteiger partial charge in [-0.1, -0.05) is 32.0 Å². The largest absolute Gasteiger partial charge is 0.497 e. The number of ether oxygens (including phenoxy) is 2. The zero-order valence-electron chi connectivity index (χ0n) is 18.1. The van der Waals surface area contributed by atoms with Crippen LogP contribution in [0.2, 0.25) is 0 Å². The molecular weight excluding hydrogens is 380 g/mol. The Labute approximate surface area is 178 Å². The minimum atomic E-state index is -0.314. The molecule has 160 valence electrons. The summed E-state index contributed by atoms with van der Waals surface area (Å²) in [6.45, 7) is 5.59. The van der Waals surface area contributed by atoms with Crippen molar-refractivity contribution in [1.29, 1.82) is 0 Å². The number of benzene rings is 2. The van der Waals surface area contributed by atoms with Gasteiger partial charge < -0.3 is 19.7 Å². The first-order valence-corrected chi connectivity index (χ1v) is 10.3. The number of hydrogen-bond donors (Lipinski definition) is 1. The van der Waals surface area contributed by atoms with E-state index < -0.39 is 0 Å². The number of nitrogens with zero attached hydrogens (tertiary/aromatic N) is 1. The minimum Gasteiger partial charge on any atom is -0.497 e. The quantitative estimate of drug-likeness (QED) is 0.760. The average molecular weight is 411 g/mol. The fourth-order valence-corrected chi connectivity index (χ4v) is 3.82. The van der Waals surface area contributed by atoms with Crippen molar-refractivity contribution in [3.8, 4) is 11.5 Å². The average Bonchev–Trinajstić information content (AvgIpc) is 3.22. The van der Waals surface area contributed by atoms with Crippen LogP contribution in [0.15, 0.2) is 48.5 Å². The van der Waals surface area contributed by atoms with Gasteiger partial charge in [0.1, 0.15) is 11.5 Å². The van der Waals surface area contributed by atoms with E-state index in [1.165, 1.54) is 0 Å². The topological polar surface area (TPSA) is 67.9 Å². The first-order valence-electron chi connectivity index (χ1n) is 10.3. The van der Waals surface area contributed by atoms with Gasteiger partial charge in [-0.3, -0.25) is 9.59 Å². The highest BCUT2D eigenvalue weighted by molar-refractivity contribution is 5.95. The second-order valence-electron chi connectivity index (χ2n) is 8.07. The Morgan fingerprint density at radius 3 is 2.37 bits per heavy atom. The molecule has 2 unspecified atom stereocenters. The van der Waals surface area contributed by atoms with E-state index in [-0.39, 0.29) is 23.7 Å². The molecule has 1 saturated heterocycles. The molecule has 1 N–H and O–H groups in total. The number of hydrogen-bond acceptors (Lipinski definition) is 4. The molecule has 1 aliphatic rings. The van der Waals surface area contributed by atoms with Crippen LogP contribution in [0.4, 0.5) is 0 Å². The number of rotatable bonds is 7. The van der Waals surface area contributed by atoms with Crippen molar-refractivity contribution in [3.05, 3.63) is 59.7 Å². The van der Waals surface area contributed by atoms with Gasteiger partial charge in [-0.05, 0) is 41.8 Å². The fourth-order valence-electron chi connectivity index (χ4n) is 3.82. The SMILES string of the molecule is COc1cccc(C(=O)N2CC(C(=O)NCC(C)C)C(c3cccc(OC)c3)C2)c1. The third-order valence-corrected chi connectivity index (χ3v) is 5.47. The van der Waals surface area contributed by atoms with Crippen molar-refractivity contribution < 1.29 is 19.1 Å². The van der Waals surface area contributed by atoms with E-state index >= 15 is 0 Å². The van der Waals surface area contributed by atoms with Crippen LogP contribution in [-0.4, -0.2) is 50.6 Å². The van der Waals surface area contributed by atoms with Gasteiger partial charge in [0.25, 0.3) is 5.91 Å². The highest BCUT2D eigenvalue weighted by Crippen LogP contribution is 2.35. The zero-order valence-corrected chi connectivity index (χ0v) is 18.1. The molecule has 2 atom stereocenters. The number of carbonyl (C=O) groups excluding carboxylic acids is 2. The highest BCUT2D eigenvalue weighted by atomic mass is 16.5. The molecule has 0 radical (unpaired) electrons. The van der Waals surface area contributed by atoms with Crippen molar-refractivity contribution in [2.45, 2.75) is 19.8 Å². The molecule has 6 heteroatoms. The second-order valence-corrected chi connectivity index (χ2v) is 8.07. The maximum absolute atomic E-state index is 13.2.